The summed E-state index contributed by atoms with van der Waals surface area (Å²) in [6.07, 6.45) is -0.954. The summed E-state index contributed by atoms with van der Waals surface area (Å²) in [6.45, 7) is -0.228. The van der Waals surface area contributed by atoms with Crippen molar-refractivity contribution >= 4 is 17.3 Å². The molecule has 0 saturated heterocycles. The number of nitro benzene ring substituents is 1. The molecule has 0 fully saturated rings. The number of hydrogen-bond acceptors (Lipinski definition) is 4. The lowest BCUT2D eigenvalue weighted by molar-refractivity contribution is -0.386. The number of aliphatic hydroxyl groups is 1. The number of halogens is 2. The molecule has 0 radical (unpaired) electrons. The Morgan fingerprint density at radius 1 is 1.62 bits per heavy atom. The molecular weight excluding hydrogens is 241 g/mol. The molecule has 7 heteroatoms. The van der Waals surface area contributed by atoms with Gasteiger partial charge in [0.15, 0.2) is 5.75 Å². The first-order valence-electron chi connectivity index (χ1n) is 4.35. The van der Waals surface area contributed by atoms with Crippen LogP contribution in [0.4, 0.5) is 10.1 Å². The van der Waals surface area contributed by atoms with Crippen molar-refractivity contribution < 1.29 is 19.2 Å². The Labute approximate surface area is 95.6 Å². The zero-order chi connectivity index (χ0) is 12.1. The molecule has 0 bridgehead atoms. The fourth-order valence-electron chi connectivity index (χ4n) is 0.985. The fourth-order valence-corrected chi connectivity index (χ4v) is 1.07. The molecule has 1 N–H and O–H groups in total. The average molecular weight is 250 g/mol. The van der Waals surface area contributed by atoms with Gasteiger partial charge >= 0.3 is 5.69 Å². The summed E-state index contributed by atoms with van der Waals surface area (Å²) in [5.74, 6) is -0.946. The number of hydrogen-bond donors (Lipinski definition) is 1. The normalized spacial score (nSPS) is 12.2. The molecule has 0 aromatic heterocycles. The summed E-state index contributed by atoms with van der Waals surface area (Å²) < 4.78 is 17.7. The van der Waals surface area contributed by atoms with E-state index in [9.17, 15) is 14.5 Å². The molecule has 1 rings (SSSR count). The topological polar surface area (TPSA) is 72.6 Å². The molecule has 5 nitrogen and oxygen atoms in total. The Bertz CT molecular complexity index is 388. The quantitative estimate of drug-likeness (QED) is 0.490. The maximum Gasteiger partial charge on any atom is 0.311 e. The standard InChI is InChI=1S/C9H9ClFNO4/c10-4-7(13)5-16-9-3-6(11)1-2-8(9)12(14)15/h1-3,7,13H,4-5H2. The van der Waals surface area contributed by atoms with Crippen LogP contribution in [-0.4, -0.2) is 28.6 Å². The van der Waals surface area contributed by atoms with E-state index in [2.05, 4.69) is 0 Å². The lowest BCUT2D eigenvalue weighted by atomic mass is 10.3. The molecule has 1 aromatic carbocycles. The first-order valence-corrected chi connectivity index (χ1v) is 4.89. The Hall–Kier alpha value is -1.40. The van der Waals surface area contributed by atoms with Crippen LogP contribution in [0.2, 0.25) is 0 Å². The van der Waals surface area contributed by atoms with Crippen LogP contribution in [-0.2, 0) is 0 Å². The summed E-state index contributed by atoms with van der Waals surface area (Å²) in [7, 11) is 0. The number of aliphatic hydroxyl groups excluding tert-OH is 1. The van der Waals surface area contributed by atoms with E-state index in [-0.39, 0.29) is 23.9 Å². The van der Waals surface area contributed by atoms with Gasteiger partial charge in [0.1, 0.15) is 18.5 Å². The fraction of sp³-hybridized carbons (Fsp3) is 0.333. The largest absolute Gasteiger partial charge is 0.484 e. The monoisotopic (exact) mass is 249 g/mol. The number of benzene rings is 1. The molecule has 0 aliphatic rings. The number of nitro groups is 1. The van der Waals surface area contributed by atoms with Crippen LogP contribution in [0.15, 0.2) is 18.2 Å². The second-order valence-electron chi connectivity index (χ2n) is 2.99. The van der Waals surface area contributed by atoms with E-state index in [1.807, 2.05) is 0 Å². The third-order valence-electron chi connectivity index (χ3n) is 1.73. The van der Waals surface area contributed by atoms with Gasteiger partial charge in [-0.15, -0.1) is 11.6 Å². The van der Waals surface area contributed by atoms with E-state index in [0.717, 1.165) is 18.2 Å². The van der Waals surface area contributed by atoms with Crippen molar-refractivity contribution in [2.75, 3.05) is 12.5 Å². The third-order valence-corrected chi connectivity index (χ3v) is 2.08. The predicted octanol–water partition coefficient (Wildman–Crippen LogP) is 1.71. The Morgan fingerprint density at radius 3 is 2.88 bits per heavy atom. The molecule has 0 aliphatic heterocycles. The average Bonchev–Trinajstić information content (AvgIpc) is 2.25. The van der Waals surface area contributed by atoms with Gasteiger partial charge in [-0.25, -0.2) is 4.39 Å². The summed E-state index contributed by atoms with van der Waals surface area (Å²) >= 11 is 5.31. The van der Waals surface area contributed by atoms with Crippen LogP contribution in [0.25, 0.3) is 0 Å². The van der Waals surface area contributed by atoms with E-state index in [0.29, 0.717) is 0 Å². The lowest BCUT2D eigenvalue weighted by Crippen LogP contribution is -2.19. The molecule has 88 valence electrons. The Morgan fingerprint density at radius 2 is 2.31 bits per heavy atom. The van der Waals surface area contributed by atoms with Gasteiger partial charge in [-0.05, 0) is 6.07 Å². The van der Waals surface area contributed by atoms with Crippen LogP contribution in [0, 0.1) is 15.9 Å². The highest BCUT2D eigenvalue weighted by molar-refractivity contribution is 6.18. The summed E-state index contributed by atoms with van der Waals surface area (Å²) in [6, 6.07) is 2.85. The van der Waals surface area contributed by atoms with Crippen molar-refractivity contribution in [2.24, 2.45) is 0 Å². The molecule has 0 amide bonds. The molecule has 0 saturated carbocycles. The maximum atomic E-state index is 12.8. The molecule has 1 unspecified atom stereocenters. The summed E-state index contributed by atoms with van der Waals surface area (Å²) in [4.78, 5) is 9.87. The number of ether oxygens (including phenoxy) is 1. The van der Waals surface area contributed by atoms with E-state index < -0.39 is 16.8 Å². The highest BCUT2D eigenvalue weighted by atomic mass is 35.5. The molecule has 0 heterocycles. The van der Waals surface area contributed by atoms with E-state index >= 15 is 0 Å². The number of rotatable bonds is 5. The summed E-state index contributed by atoms with van der Waals surface area (Å²) in [5, 5.41) is 19.7. The first-order chi connectivity index (χ1) is 7.54. The van der Waals surface area contributed by atoms with Crippen LogP contribution < -0.4 is 4.74 Å². The zero-order valence-electron chi connectivity index (χ0n) is 8.10. The second kappa shape index (κ2) is 5.62. The number of alkyl halides is 1. The molecule has 1 atom stereocenters. The van der Waals surface area contributed by atoms with E-state index in [1.54, 1.807) is 0 Å². The van der Waals surface area contributed by atoms with Gasteiger partial charge in [-0.2, -0.15) is 0 Å². The van der Waals surface area contributed by atoms with Crippen molar-refractivity contribution in [3.63, 3.8) is 0 Å². The minimum atomic E-state index is -0.954. The lowest BCUT2D eigenvalue weighted by Gasteiger charge is -2.09. The van der Waals surface area contributed by atoms with Gasteiger partial charge in [0.2, 0.25) is 0 Å². The maximum absolute atomic E-state index is 12.8. The van der Waals surface area contributed by atoms with Crippen molar-refractivity contribution in [3.8, 4) is 5.75 Å². The molecule has 0 spiro atoms. The second-order valence-corrected chi connectivity index (χ2v) is 3.30. The van der Waals surface area contributed by atoms with Crippen molar-refractivity contribution in [3.05, 3.63) is 34.1 Å². The molecule has 16 heavy (non-hydrogen) atoms. The summed E-state index contributed by atoms with van der Waals surface area (Å²) in [5.41, 5.74) is -0.358. The Balaban J connectivity index is 2.84. The van der Waals surface area contributed by atoms with Crippen molar-refractivity contribution in [1.29, 1.82) is 0 Å². The van der Waals surface area contributed by atoms with Crippen LogP contribution >= 0.6 is 11.6 Å². The van der Waals surface area contributed by atoms with Crippen LogP contribution in [0.1, 0.15) is 0 Å². The zero-order valence-corrected chi connectivity index (χ0v) is 8.85. The number of nitrogens with zero attached hydrogens (tertiary/aromatic N) is 1. The molecule has 1 aromatic rings. The van der Waals surface area contributed by atoms with Crippen LogP contribution in [0.3, 0.4) is 0 Å². The first kappa shape index (κ1) is 12.7. The highest BCUT2D eigenvalue weighted by Gasteiger charge is 2.16. The van der Waals surface area contributed by atoms with Gasteiger partial charge in [0.25, 0.3) is 0 Å². The minimum absolute atomic E-state index is 0.0664. The Kier molecular flexibility index (Phi) is 4.45. The molecular formula is C9H9ClFNO4. The predicted molar refractivity (Wildman–Crippen MR) is 55.3 cm³/mol. The van der Waals surface area contributed by atoms with Crippen molar-refractivity contribution in [1.82, 2.24) is 0 Å². The van der Waals surface area contributed by atoms with Crippen LogP contribution in [0.5, 0.6) is 5.75 Å². The van der Waals surface area contributed by atoms with Gasteiger partial charge in [0, 0.05) is 12.1 Å². The smallest absolute Gasteiger partial charge is 0.311 e. The van der Waals surface area contributed by atoms with Gasteiger partial charge in [-0.3, -0.25) is 10.1 Å². The van der Waals surface area contributed by atoms with Crippen molar-refractivity contribution in [2.45, 2.75) is 6.10 Å². The van der Waals surface area contributed by atoms with Gasteiger partial charge < -0.3 is 9.84 Å². The highest BCUT2D eigenvalue weighted by Crippen LogP contribution is 2.27. The van der Waals surface area contributed by atoms with Gasteiger partial charge in [-0.1, -0.05) is 0 Å². The SMILES string of the molecule is O=[N+]([O-])c1ccc(F)cc1OCC(O)CCl. The molecule has 0 aliphatic carbocycles. The van der Waals surface area contributed by atoms with E-state index in [4.69, 9.17) is 21.4 Å². The van der Waals surface area contributed by atoms with E-state index in [1.165, 1.54) is 0 Å². The minimum Gasteiger partial charge on any atom is -0.484 e. The third kappa shape index (κ3) is 3.32. The van der Waals surface area contributed by atoms with Gasteiger partial charge in [0.05, 0.1) is 10.8 Å².